The van der Waals surface area contributed by atoms with Crippen LogP contribution in [0.15, 0.2) is 48.5 Å². The van der Waals surface area contributed by atoms with Gasteiger partial charge < -0.3 is 10.5 Å². The van der Waals surface area contributed by atoms with Crippen molar-refractivity contribution in [2.75, 3.05) is 7.11 Å². The van der Waals surface area contributed by atoms with E-state index in [1.54, 1.807) is 7.11 Å². The van der Waals surface area contributed by atoms with Crippen LogP contribution in [0.3, 0.4) is 0 Å². The fraction of sp³-hybridized carbons (Fsp3) is 0.176. The third-order valence-corrected chi connectivity index (χ3v) is 3.58. The molecule has 2 aromatic carbocycles. The Bertz CT molecular complexity index is 760. The number of hydrogen-bond donors (Lipinski definition) is 1. The molecule has 0 saturated carbocycles. The number of methoxy groups -OCH3 is 1. The lowest BCUT2D eigenvalue weighted by Gasteiger charge is -2.09. The Labute approximate surface area is 129 Å². The van der Waals surface area contributed by atoms with Gasteiger partial charge in [0.2, 0.25) is 0 Å². The quantitative estimate of drug-likeness (QED) is 0.803. The predicted octanol–water partition coefficient (Wildman–Crippen LogP) is 2.71. The zero-order valence-electron chi connectivity index (χ0n) is 12.7. The Morgan fingerprint density at radius 2 is 1.73 bits per heavy atom. The van der Waals surface area contributed by atoms with E-state index < -0.39 is 0 Å². The first-order chi connectivity index (χ1) is 10.7. The van der Waals surface area contributed by atoms with Crippen molar-refractivity contribution in [2.45, 2.75) is 13.5 Å². The van der Waals surface area contributed by atoms with Crippen molar-refractivity contribution in [1.82, 2.24) is 15.0 Å². The predicted molar refractivity (Wildman–Crippen MR) is 86.0 cm³/mol. The van der Waals surface area contributed by atoms with Gasteiger partial charge in [-0.05, 0) is 43.3 Å². The molecule has 0 radical (unpaired) electrons. The van der Waals surface area contributed by atoms with Crippen LogP contribution in [-0.4, -0.2) is 22.1 Å². The smallest absolute Gasteiger partial charge is 0.118 e. The minimum atomic E-state index is 0.340. The molecular formula is C17H18N4O. The van der Waals surface area contributed by atoms with Gasteiger partial charge in [-0.25, -0.2) is 4.68 Å². The summed E-state index contributed by atoms with van der Waals surface area (Å²) in [5.41, 5.74) is 10.7. The Morgan fingerprint density at radius 3 is 2.32 bits per heavy atom. The summed E-state index contributed by atoms with van der Waals surface area (Å²) < 4.78 is 7.03. The van der Waals surface area contributed by atoms with E-state index in [2.05, 4.69) is 29.4 Å². The summed E-state index contributed by atoms with van der Waals surface area (Å²) in [5.74, 6) is 0.812. The maximum absolute atomic E-state index is 5.82. The van der Waals surface area contributed by atoms with E-state index in [1.807, 2.05) is 41.1 Å². The second kappa shape index (κ2) is 5.99. The van der Waals surface area contributed by atoms with Crippen LogP contribution in [0, 0.1) is 6.92 Å². The van der Waals surface area contributed by atoms with Gasteiger partial charge in [-0.3, -0.25) is 0 Å². The molecule has 0 aliphatic heterocycles. The lowest BCUT2D eigenvalue weighted by atomic mass is 10.1. The second-order valence-corrected chi connectivity index (χ2v) is 5.06. The van der Waals surface area contributed by atoms with E-state index in [4.69, 9.17) is 10.5 Å². The summed E-state index contributed by atoms with van der Waals surface area (Å²) >= 11 is 0. The number of rotatable bonds is 4. The molecule has 0 unspecified atom stereocenters. The highest BCUT2D eigenvalue weighted by Crippen LogP contribution is 2.27. The molecule has 22 heavy (non-hydrogen) atoms. The van der Waals surface area contributed by atoms with E-state index >= 15 is 0 Å². The van der Waals surface area contributed by atoms with E-state index in [0.29, 0.717) is 6.54 Å². The zero-order valence-corrected chi connectivity index (χ0v) is 12.7. The van der Waals surface area contributed by atoms with E-state index in [0.717, 1.165) is 28.4 Å². The third kappa shape index (κ3) is 2.58. The molecule has 0 aliphatic rings. The van der Waals surface area contributed by atoms with Crippen molar-refractivity contribution < 1.29 is 4.74 Å². The molecule has 0 fully saturated rings. The number of benzene rings is 2. The standard InChI is InChI=1S/C17H18N4O/c1-12-3-7-14(8-4-12)21-17(16(11-18)19-20-21)13-5-9-15(22-2)10-6-13/h3-10H,11,18H2,1-2H3. The van der Waals surface area contributed by atoms with Crippen LogP contribution in [0.1, 0.15) is 11.3 Å². The topological polar surface area (TPSA) is 66.0 Å². The fourth-order valence-corrected chi connectivity index (χ4v) is 2.36. The van der Waals surface area contributed by atoms with Crippen molar-refractivity contribution in [3.63, 3.8) is 0 Å². The Kier molecular flexibility index (Phi) is 3.89. The van der Waals surface area contributed by atoms with Crippen molar-refractivity contribution in [3.8, 4) is 22.7 Å². The van der Waals surface area contributed by atoms with Gasteiger partial charge in [0.1, 0.15) is 11.4 Å². The molecule has 0 atom stereocenters. The van der Waals surface area contributed by atoms with Crippen molar-refractivity contribution >= 4 is 0 Å². The highest BCUT2D eigenvalue weighted by molar-refractivity contribution is 5.65. The molecule has 1 heterocycles. The van der Waals surface area contributed by atoms with Crippen molar-refractivity contribution in [1.29, 1.82) is 0 Å². The molecule has 112 valence electrons. The summed E-state index contributed by atoms with van der Waals surface area (Å²) in [6.45, 7) is 2.40. The van der Waals surface area contributed by atoms with Crippen LogP contribution < -0.4 is 10.5 Å². The van der Waals surface area contributed by atoms with Gasteiger partial charge >= 0.3 is 0 Å². The zero-order chi connectivity index (χ0) is 15.5. The highest BCUT2D eigenvalue weighted by atomic mass is 16.5. The fourth-order valence-electron chi connectivity index (χ4n) is 2.36. The summed E-state index contributed by atoms with van der Waals surface area (Å²) in [5, 5.41) is 8.47. The molecular weight excluding hydrogens is 276 g/mol. The first-order valence-corrected chi connectivity index (χ1v) is 7.09. The van der Waals surface area contributed by atoms with Gasteiger partial charge in [0, 0.05) is 12.1 Å². The number of aromatic nitrogens is 3. The van der Waals surface area contributed by atoms with Gasteiger partial charge in [0.25, 0.3) is 0 Å². The monoisotopic (exact) mass is 294 g/mol. The van der Waals surface area contributed by atoms with Gasteiger partial charge in [0.15, 0.2) is 0 Å². The molecule has 0 bridgehead atoms. The summed E-state index contributed by atoms with van der Waals surface area (Å²) in [6, 6.07) is 16.0. The first kappa shape index (κ1) is 14.3. The Balaban J connectivity index is 2.12. The molecule has 5 nitrogen and oxygen atoms in total. The molecule has 0 saturated heterocycles. The molecule has 5 heteroatoms. The average Bonchev–Trinajstić information content (AvgIpc) is 2.99. The number of aryl methyl sites for hydroxylation is 1. The molecule has 2 N–H and O–H groups in total. The molecule has 1 aromatic heterocycles. The van der Waals surface area contributed by atoms with Crippen molar-refractivity contribution in [2.24, 2.45) is 5.73 Å². The summed E-state index contributed by atoms with van der Waals surface area (Å²) in [4.78, 5) is 0. The van der Waals surface area contributed by atoms with Crippen LogP contribution in [-0.2, 0) is 6.54 Å². The second-order valence-electron chi connectivity index (χ2n) is 5.06. The van der Waals surface area contributed by atoms with Gasteiger partial charge in [0.05, 0.1) is 18.5 Å². The van der Waals surface area contributed by atoms with Crippen LogP contribution >= 0.6 is 0 Å². The first-order valence-electron chi connectivity index (χ1n) is 7.09. The lowest BCUT2D eigenvalue weighted by Crippen LogP contribution is -2.02. The lowest BCUT2D eigenvalue weighted by molar-refractivity contribution is 0.415. The Morgan fingerprint density at radius 1 is 1.05 bits per heavy atom. The van der Waals surface area contributed by atoms with Gasteiger partial charge in [-0.1, -0.05) is 22.9 Å². The van der Waals surface area contributed by atoms with Gasteiger partial charge in [-0.15, -0.1) is 5.10 Å². The minimum absolute atomic E-state index is 0.340. The minimum Gasteiger partial charge on any atom is -0.497 e. The van der Waals surface area contributed by atoms with Crippen LogP contribution in [0.2, 0.25) is 0 Å². The average molecular weight is 294 g/mol. The number of nitrogens with zero attached hydrogens (tertiary/aromatic N) is 3. The highest BCUT2D eigenvalue weighted by Gasteiger charge is 2.15. The summed E-state index contributed by atoms with van der Waals surface area (Å²) in [7, 11) is 1.65. The van der Waals surface area contributed by atoms with E-state index in [1.165, 1.54) is 5.56 Å². The van der Waals surface area contributed by atoms with Crippen molar-refractivity contribution in [3.05, 3.63) is 59.8 Å². The SMILES string of the molecule is COc1ccc(-c2c(CN)nnn2-c2ccc(C)cc2)cc1. The van der Waals surface area contributed by atoms with E-state index in [-0.39, 0.29) is 0 Å². The number of ether oxygens (including phenoxy) is 1. The largest absolute Gasteiger partial charge is 0.497 e. The normalized spacial score (nSPS) is 10.7. The van der Waals surface area contributed by atoms with Crippen LogP contribution in [0.4, 0.5) is 0 Å². The molecule has 3 aromatic rings. The van der Waals surface area contributed by atoms with E-state index in [9.17, 15) is 0 Å². The number of nitrogens with two attached hydrogens (primary N) is 1. The molecule has 3 rings (SSSR count). The van der Waals surface area contributed by atoms with Crippen LogP contribution in [0.25, 0.3) is 16.9 Å². The number of hydrogen-bond acceptors (Lipinski definition) is 4. The molecule has 0 aliphatic carbocycles. The molecule has 0 amide bonds. The maximum Gasteiger partial charge on any atom is 0.118 e. The summed E-state index contributed by atoms with van der Waals surface area (Å²) in [6.07, 6.45) is 0. The maximum atomic E-state index is 5.82. The molecule has 0 spiro atoms. The van der Waals surface area contributed by atoms with Gasteiger partial charge in [-0.2, -0.15) is 0 Å². The third-order valence-electron chi connectivity index (χ3n) is 3.58. The Hall–Kier alpha value is -2.66. The van der Waals surface area contributed by atoms with Crippen LogP contribution in [0.5, 0.6) is 5.75 Å².